The van der Waals surface area contributed by atoms with Gasteiger partial charge in [0.15, 0.2) is 5.96 Å². The Hall–Kier alpha value is -2.03. The third kappa shape index (κ3) is 4.28. The van der Waals surface area contributed by atoms with Gasteiger partial charge < -0.3 is 20.1 Å². The van der Waals surface area contributed by atoms with Gasteiger partial charge in [-0.25, -0.2) is 0 Å². The maximum absolute atomic E-state index is 4.81. The first-order valence-corrected chi connectivity index (χ1v) is 7.67. The molecule has 128 valence electrons. The Labute approximate surface area is 158 Å². The van der Waals surface area contributed by atoms with Gasteiger partial charge in [0.1, 0.15) is 12.0 Å². The molecule has 6 nitrogen and oxygen atoms in total. The lowest BCUT2D eigenvalue weighted by atomic mass is 10.1. The highest BCUT2D eigenvalue weighted by atomic mass is 127. The van der Waals surface area contributed by atoms with E-state index in [1.165, 1.54) is 22.0 Å². The number of rotatable bonds is 5. The first-order chi connectivity index (χ1) is 11.3. The van der Waals surface area contributed by atoms with Crippen LogP contribution in [0.1, 0.15) is 16.8 Å². The van der Waals surface area contributed by atoms with Crippen LogP contribution in [0.25, 0.3) is 10.9 Å². The number of fused-ring (bicyclic) bond motifs is 1. The van der Waals surface area contributed by atoms with Gasteiger partial charge in [0.2, 0.25) is 0 Å². The van der Waals surface area contributed by atoms with E-state index in [-0.39, 0.29) is 24.0 Å². The van der Waals surface area contributed by atoms with E-state index in [1.807, 2.05) is 6.07 Å². The maximum Gasteiger partial charge on any atom is 0.191 e. The summed E-state index contributed by atoms with van der Waals surface area (Å²) in [6, 6.07) is 8.16. The number of hydrogen-bond donors (Lipinski definition) is 3. The second kappa shape index (κ2) is 8.72. The molecule has 2 aromatic heterocycles. The molecular weight excluding hydrogens is 417 g/mol. The van der Waals surface area contributed by atoms with Crippen LogP contribution >= 0.6 is 24.0 Å². The van der Waals surface area contributed by atoms with E-state index in [2.05, 4.69) is 57.1 Å². The topological polar surface area (TPSA) is 78.2 Å². The van der Waals surface area contributed by atoms with Gasteiger partial charge in [-0.1, -0.05) is 17.3 Å². The first kappa shape index (κ1) is 18.3. The molecule has 1 aromatic carbocycles. The molecule has 24 heavy (non-hydrogen) atoms. The first-order valence-electron chi connectivity index (χ1n) is 7.67. The minimum absolute atomic E-state index is 0. The fourth-order valence-electron chi connectivity index (χ4n) is 2.69. The number of aromatic nitrogens is 2. The van der Waals surface area contributed by atoms with Crippen molar-refractivity contribution in [2.45, 2.75) is 19.9 Å². The van der Waals surface area contributed by atoms with Gasteiger partial charge in [0.05, 0.1) is 6.54 Å². The van der Waals surface area contributed by atoms with Crippen molar-refractivity contribution in [3.05, 3.63) is 53.5 Å². The summed E-state index contributed by atoms with van der Waals surface area (Å²) in [7, 11) is 1.76. The van der Waals surface area contributed by atoms with Crippen molar-refractivity contribution >= 4 is 40.8 Å². The molecule has 0 atom stereocenters. The molecule has 0 bridgehead atoms. The highest BCUT2D eigenvalue weighted by Gasteiger charge is 2.06. The molecule has 7 heteroatoms. The van der Waals surface area contributed by atoms with Crippen molar-refractivity contribution in [1.82, 2.24) is 20.8 Å². The lowest BCUT2D eigenvalue weighted by Gasteiger charge is -2.10. The molecule has 0 saturated carbocycles. The van der Waals surface area contributed by atoms with Gasteiger partial charge >= 0.3 is 0 Å². The van der Waals surface area contributed by atoms with E-state index in [1.54, 1.807) is 13.3 Å². The molecule has 3 rings (SSSR count). The molecule has 0 spiro atoms. The summed E-state index contributed by atoms with van der Waals surface area (Å²) >= 11 is 0. The lowest BCUT2D eigenvalue weighted by Crippen LogP contribution is -2.37. The summed E-state index contributed by atoms with van der Waals surface area (Å²) in [6.45, 7) is 3.54. The van der Waals surface area contributed by atoms with Gasteiger partial charge in [-0.3, -0.25) is 4.99 Å². The number of halogens is 1. The van der Waals surface area contributed by atoms with E-state index in [9.17, 15) is 0 Å². The van der Waals surface area contributed by atoms with Crippen LogP contribution in [-0.4, -0.2) is 29.7 Å². The Morgan fingerprint density at radius 1 is 1.29 bits per heavy atom. The normalized spacial score (nSPS) is 11.3. The molecule has 0 aliphatic rings. The molecule has 3 aromatic rings. The Bertz CT molecular complexity index is 795. The molecule has 0 fully saturated rings. The molecule has 0 aliphatic carbocycles. The number of aliphatic imine (C=N–C) groups is 1. The number of hydrogen-bond acceptors (Lipinski definition) is 3. The van der Waals surface area contributed by atoms with Crippen molar-refractivity contribution in [3.63, 3.8) is 0 Å². The molecular formula is C17H22IN5O. The number of nitrogens with one attached hydrogen (secondary N) is 3. The number of nitrogens with zero attached hydrogens (tertiary/aromatic N) is 2. The van der Waals surface area contributed by atoms with E-state index >= 15 is 0 Å². The fourth-order valence-corrected chi connectivity index (χ4v) is 2.69. The molecule has 0 radical (unpaired) electrons. The van der Waals surface area contributed by atoms with Crippen LogP contribution in [0, 0.1) is 6.92 Å². The van der Waals surface area contributed by atoms with Crippen LogP contribution in [0.3, 0.4) is 0 Å². The summed E-state index contributed by atoms with van der Waals surface area (Å²) in [5.74, 6) is 0.754. The summed E-state index contributed by atoms with van der Waals surface area (Å²) in [6.07, 6.45) is 4.58. The summed E-state index contributed by atoms with van der Waals surface area (Å²) < 4.78 is 4.81. The van der Waals surface area contributed by atoms with Crippen LogP contribution in [0.2, 0.25) is 0 Å². The molecule has 0 unspecified atom stereocenters. The third-order valence-electron chi connectivity index (χ3n) is 3.83. The molecule has 0 aliphatic heterocycles. The monoisotopic (exact) mass is 439 g/mol. The molecule has 2 heterocycles. The third-order valence-corrected chi connectivity index (χ3v) is 3.83. The minimum atomic E-state index is 0. The number of aryl methyl sites for hydroxylation is 1. The standard InChI is InChI=1S/C17H21N5O.HI/c1-12-4-3-5-15-16(12)13(10-20-15)6-8-19-17(18-2)21-11-14-7-9-23-22-14;/h3-5,7,9-10,20H,6,8,11H2,1-2H3,(H2,18,19,21);1H. The number of benzene rings is 1. The van der Waals surface area contributed by atoms with Crippen LogP contribution in [-0.2, 0) is 13.0 Å². The van der Waals surface area contributed by atoms with Crippen LogP contribution in [0.4, 0.5) is 0 Å². The predicted octanol–water partition coefficient (Wildman–Crippen LogP) is 2.99. The van der Waals surface area contributed by atoms with Gasteiger partial charge in [-0.2, -0.15) is 0 Å². The highest BCUT2D eigenvalue weighted by Crippen LogP contribution is 2.22. The van der Waals surface area contributed by atoms with Gasteiger partial charge in [0.25, 0.3) is 0 Å². The molecule has 3 N–H and O–H groups in total. The van der Waals surface area contributed by atoms with Crippen molar-refractivity contribution in [2.24, 2.45) is 4.99 Å². The molecule has 0 amide bonds. The zero-order valence-corrected chi connectivity index (χ0v) is 16.1. The average molecular weight is 439 g/mol. The zero-order valence-electron chi connectivity index (χ0n) is 13.8. The predicted molar refractivity (Wildman–Crippen MR) is 107 cm³/mol. The van der Waals surface area contributed by atoms with E-state index in [0.29, 0.717) is 6.54 Å². The van der Waals surface area contributed by atoms with E-state index in [4.69, 9.17) is 4.52 Å². The zero-order chi connectivity index (χ0) is 16.1. The van der Waals surface area contributed by atoms with Gasteiger partial charge in [-0.15, -0.1) is 24.0 Å². The molecule has 0 saturated heterocycles. The maximum atomic E-state index is 4.81. The van der Waals surface area contributed by atoms with Crippen molar-refractivity contribution in [1.29, 1.82) is 0 Å². The number of aromatic amines is 1. The summed E-state index contributed by atoms with van der Waals surface area (Å²) in [5, 5.41) is 11.7. The van der Waals surface area contributed by atoms with Crippen LogP contribution < -0.4 is 10.6 Å². The minimum Gasteiger partial charge on any atom is -0.364 e. The largest absolute Gasteiger partial charge is 0.364 e. The van der Waals surface area contributed by atoms with Crippen molar-refractivity contribution in [3.8, 4) is 0 Å². The summed E-state index contributed by atoms with van der Waals surface area (Å²) in [4.78, 5) is 7.55. The van der Waals surface area contributed by atoms with Crippen molar-refractivity contribution < 1.29 is 4.52 Å². The van der Waals surface area contributed by atoms with E-state index in [0.717, 1.165) is 24.6 Å². The summed E-state index contributed by atoms with van der Waals surface area (Å²) in [5.41, 5.74) is 4.65. The van der Waals surface area contributed by atoms with Gasteiger partial charge in [-0.05, 0) is 30.5 Å². The fraction of sp³-hybridized carbons (Fsp3) is 0.294. The SMILES string of the molecule is CN=C(NCCc1c[nH]c2cccc(C)c12)NCc1ccon1.I. The van der Waals surface area contributed by atoms with Crippen LogP contribution in [0.15, 0.2) is 46.2 Å². The Kier molecular flexibility index (Phi) is 6.65. The number of H-pyrrole nitrogens is 1. The quantitative estimate of drug-likeness (QED) is 0.325. The lowest BCUT2D eigenvalue weighted by molar-refractivity contribution is 0.410. The van der Waals surface area contributed by atoms with Crippen LogP contribution in [0.5, 0.6) is 0 Å². The number of guanidine groups is 1. The average Bonchev–Trinajstić information content (AvgIpc) is 3.21. The Morgan fingerprint density at radius 2 is 2.17 bits per heavy atom. The van der Waals surface area contributed by atoms with E-state index < -0.39 is 0 Å². The highest BCUT2D eigenvalue weighted by molar-refractivity contribution is 14.0. The van der Waals surface area contributed by atoms with Gasteiger partial charge in [0, 0.05) is 36.8 Å². The second-order valence-corrected chi connectivity index (χ2v) is 5.40. The Morgan fingerprint density at radius 3 is 2.92 bits per heavy atom. The van der Waals surface area contributed by atoms with Crippen molar-refractivity contribution in [2.75, 3.05) is 13.6 Å². The Balaban J connectivity index is 0.00000208. The smallest absolute Gasteiger partial charge is 0.191 e. The second-order valence-electron chi connectivity index (χ2n) is 5.40.